The number of anilines is 1. The molecule has 1 aromatic heterocycles. The van der Waals surface area contributed by atoms with E-state index in [1.807, 2.05) is 48.5 Å². The maximum absolute atomic E-state index is 12.2. The Morgan fingerprint density at radius 3 is 2.76 bits per heavy atom. The number of hydrogen-bond donors (Lipinski definition) is 2. The third-order valence-corrected chi connectivity index (χ3v) is 4.62. The fourth-order valence-electron chi connectivity index (χ4n) is 2.39. The summed E-state index contributed by atoms with van der Waals surface area (Å²) >= 11 is 1.43. The standard InChI is InChI=1S/C19H19N3O2S/c1-24-16-7-5-13(6-8-16)9-10-21-18(23)17-12-25-19(22-17)14-3-2-4-15(20)11-14/h2-8,11-12H,9-10,20H2,1H3,(H,21,23). The van der Waals surface area contributed by atoms with Crippen molar-refractivity contribution in [2.24, 2.45) is 0 Å². The molecule has 3 aromatic rings. The molecule has 3 rings (SSSR count). The molecule has 1 amide bonds. The Morgan fingerprint density at radius 2 is 2.04 bits per heavy atom. The van der Waals surface area contributed by atoms with Gasteiger partial charge in [0.05, 0.1) is 7.11 Å². The zero-order chi connectivity index (χ0) is 17.6. The summed E-state index contributed by atoms with van der Waals surface area (Å²) in [6.07, 6.45) is 0.752. The number of nitrogens with zero attached hydrogens (tertiary/aromatic N) is 1. The van der Waals surface area contributed by atoms with Gasteiger partial charge < -0.3 is 15.8 Å². The van der Waals surface area contributed by atoms with E-state index in [4.69, 9.17) is 10.5 Å². The first-order chi connectivity index (χ1) is 12.2. The maximum atomic E-state index is 12.2. The molecule has 0 spiro atoms. The highest BCUT2D eigenvalue weighted by Gasteiger charge is 2.11. The summed E-state index contributed by atoms with van der Waals surface area (Å²) < 4.78 is 5.13. The van der Waals surface area contributed by atoms with Crippen molar-refractivity contribution in [1.29, 1.82) is 0 Å². The van der Waals surface area contributed by atoms with E-state index < -0.39 is 0 Å². The van der Waals surface area contributed by atoms with Crippen molar-refractivity contribution < 1.29 is 9.53 Å². The topological polar surface area (TPSA) is 77.2 Å². The number of hydrogen-bond acceptors (Lipinski definition) is 5. The van der Waals surface area contributed by atoms with Gasteiger partial charge in [-0.3, -0.25) is 4.79 Å². The third-order valence-electron chi connectivity index (χ3n) is 3.73. The maximum Gasteiger partial charge on any atom is 0.270 e. The van der Waals surface area contributed by atoms with Crippen LogP contribution in [0.5, 0.6) is 5.75 Å². The summed E-state index contributed by atoms with van der Waals surface area (Å²) in [6, 6.07) is 15.3. The minimum atomic E-state index is -0.167. The Bertz CT molecular complexity index is 859. The van der Waals surface area contributed by atoms with E-state index in [1.165, 1.54) is 11.3 Å². The van der Waals surface area contributed by atoms with Crippen LogP contribution < -0.4 is 15.8 Å². The fraction of sp³-hybridized carbons (Fsp3) is 0.158. The number of ether oxygens (including phenoxy) is 1. The SMILES string of the molecule is COc1ccc(CCNC(=O)c2csc(-c3cccc(N)c3)n2)cc1. The molecule has 3 N–H and O–H groups in total. The van der Waals surface area contributed by atoms with E-state index in [-0.39, 0.29) is 5.91 Å². The molecule has 128 valence electrons. The molecule has 2 aromatic carbocycles. The van der Waals surface area contributed by atoms with Crippen molar-refractivity contribution >= 4 is 22.9 Å². The zero-order valence-corrected chi connectivity index (χ0v) is 14.7. The lowest BCUT2D eigenvalue weighted by Crippen LogP contribution is -2.25. The number of thiazole rings is 1. The van der Waals surface area contributed by atoms with Gasteiger partial charge in [-0.15, -0.1) is 11.3 Å². The first-order valence-electron chi connectivity index (χ1n) is 7.88. The van der Waals surface area contributed by atoms with Crippen molar-refractivity contribution in [2.45, 2.75) is 6.42 Å². The van der Waals surface area contributed by atoms with Crippen LogP contribution in [0.2, 0.25) is 0 Å². The van der Waals surface area contributed by atoms with Crippen LogP contribution in [-0.2, 0) is 6.42 Å². The van der Waals surface area contributed by atoms with Crippen LogP contribution in [0.4, 0.5) is 5.69 Å². The number of nitrogens with two attached hydrogens (primary N) is 1. The van der Waals surface area contributed by atoms with E-state index in [2.05, 4.69) is 10.3 Å². The van der Waals surface area contributed by atoms with E-state index in [9.17, 15) is 4.79 Å². The molecule has 0 aliphatic carbocycles. The third kappa shape index (κ3) is 4.36. The molecule has 0 radical (unpaired) electrons. The summed E-state index contributed by atoms with van der Waals surface area (Å²) in [5.41, 5.74) is 8.96. The number of methoxy groups -OCH3 is 1. The molecule has 0 aliphatic rings. The quantitative estimate of drug-likeness (QED) is 0.666. The predicted molar refractivity (Wildman–Crippen MR) is 101 cm³/mol. The van der Waals surface area contributed by atoms with Gasteiger partial charge in [-0.25, -0.2) is 4.98 Å². The number of aromatic nitrogens is 1. The van der Waals surface area contributed by atoms with E-state index in [0.29, 0.717) is 17.9 Å². The number of amides is 1. The monoisotopic (exact) mass is 353 g/mol. The van der Waals surface area contributed by atoms with Gasteiger partial charge in [0.2, 0.25) is 0 Å². The fourth-order valence-corrected chi connectivity index (χ4v) is 3.18. The number of nitrogen functional groups attached to an aromatic ring is 1. The smallest absolute Gasteiger partial charge is 0.270 e. The molecule has 0 bridgehead atoms. The Labute approximate surface area is 150 Å². The summed E-state index contributed by atoms with van der Waals surface area (Å²) in [5, 5.41) is 5.45. The number of benzene rings is 2. The predicted octanol–water partition coefficient (Wildman–Crippen LogP) is 3.37. The second-order valence-electron chi connectivity index (χ2n) is 5.52. The largest absolute Gasteiger partial charge is 0.497 e. The van der Waals surface area contributed by atoms with E-state index in [1.54, 1.807) is 12.5 Å². The lowest BCUT2D eigenvalue weighted by atomic mass is 10.1. The second kappa shape index (κ2) is 7.81. The van der Waals surface area contributed by atoms with Crippen LogP contribution in [0.25, 0.3) is 10.6 Å². The minimum absolute atomic E-state index is 0.167. The summed E-state index contributed by atoms with van der Waals surface area (Å²) in [6.45, 7) is 0.552. The molecule has 0 saturated heterocycles. The van der Waals surface area contributed by atoms with Gasteiger partial charge in [0.1, 0.15) is 16.5 Å². The molecule has 0 unspecified atom stereocenters. The molecule has 1 heterocycles. The molecule has 25 heavy (non-hydrogen) atoms. The summed E-state index contributed by atoms with van der Waals surface area (Å²) in [5.74, 6) is 0.657. The first kappa shape index (κ1) is 17.0. The van der Waals surface area contributed by atoms with Gasteiger partial charge >= 0.3 is 0 Å². The van der Waals surface area contributed by atoms with Gasteiger partial charge in [0.25, 0.3) is 5.91 Å². The van der Waals surface area contributed by atoms with Crippen molar-refractivity contribution in [3.63, 3.8) is 0 Å². The first-order valence-corrected chi connectivity index (χ1v) is 8.76. The molecule has 6 heteroatoms. The van der Waals surface area contributed by atoms with Crippen LogP contribution in [0, 0.1) is 0 Å². The van der Waals surface area contributed by atoms with Crippen LogP contribution >= 0.6 is 11.3 Å². The van der Waals surface area contributed by atoms with Crippen molar-refractivity contribution in [2.75, 3.05) is 19.4 Å². The molecule has 0 atom stereocenters. The summed E-state index contributed by atoms with van der Waals surface area (Å²) in [7, 11) is 1.64. The van der Waals surface area contributed by atoms with Crippen LogP contribution in [0.3, 0.4) is 0 Å². The second-order valence-corrected chi connectivity index (χ2v) is 6.38. The highest BCUT2D eigenvalue weighted by molar-refractivity contribution is 7.13. The molecule has 0 aliphatic heterocycles. The molecular weight excluding hydrogens is 334 g/mol. The Hall–Kier alpha value is -2.86. The summed E-state index contributed by atoms with van der Waals surface area (Å²) in [4.78, 5) is 16.6. The van der Waals surface area contributed by atoms with Crippen LogP contribution in [0.1, 0.15) is 16.1 Å². The Balaban J connectivity index is 1.56. The Morgan fingerprint density at radius 1 is 1.24 bits per heavy atom. The lowest BCUT2D eigenvalue weighted by molar-refractivity contribution is 0.0950. The van der Waals surface area contributed by atoms with Gasteiger partial charge in [0, 0.05) is 23.2 Å². The number of nitrogens with one attached hydrogen (secondary N) is 1. The van der Waals surface area contributed by atoms with Gasteiger partial charge in [-0.05, 0) is 36.2 Å². The highest BCUT2D eigenvalue weighted by Crippen LogP contribution is 2.25. The van der Waals surface area contributed by atoms with Crippen LogP contribution in [0.15, 0.2) is 53.9 Å². The number of carbonyl (C=O) groups is 1. The lowest BCUT2D eigenvalue weighted by Gasteiger charge is -2.05. The van der Waals surface area contributed by atoms with Gasteiger partial charge in [-0.2, -0.15) is 0 Å². The minimum Gasteiger partial charge on any atom is -0.497 e. The van der Waals surface area contributed by atoms with Crippen molar-refractivity contribution in [1.82, 2.24) is 10.3 Å². The average Bonchev–Trinajstić information content (AvgIpc) is 3.12. The molecule has 5 nitrogen and oxygen atoms in total. The molecule has 0 saturated carbocycles. The Kier molecular flexibility index (Phi) is 5.30. The van der Waals surface area contributed by atoms with Crippen LogP contribution in [-0.4, -0.2) is 24.5 Å². The number of rotatable bonds is 6. The van der Waals surface area contributed by atoms with Gasteiger partial charge in [0.15, 0.2) is 0 Å². The van der Waals surface area contributed by atoms with Crippen molar-refractivity contribution in [3.05, 3.63) is 65.2 Å². The zero-order valence-electron chi connectivity index (χ0n) is 13.9. The highest BCUT2D eigenvalue weighted by atomic mass is 32.1. The van der Waals surface area contributed by atoms with Crippen molar-refractivity contribution in [3.8, 4) is 16.3 Å². The normalized spacial score (nSPS) is 10.4. The van der Waals surface area contributed by atoms with E-state index in [0.717, 1.165) is 28.3 Å². The van der Waals surface area contributed by atoms with Gasteiger partial charge in [-0.1, -0.05) is 24.3 Å². The molecule has 0 fully saturated rings. The average molecular weight is 353 g/mol. The number of carbonyl (C=O) groups excluding carboxylic acids is 1. The molecular formula is C19H19N3O2S. The van der Waals surface area contributed by atoms with E-state index >= 15 is 0 Å².